The molecule has 0 aliphatic heterocycles. The molecule has 4 heteroatoms. The maximum atomic E-state index is 11.1. The molecule has 0 saturated heterocycles. The molecular weight excluding hydrogens is 188 g/mol. The lowest BCUT2D eigenvalue weighted by atomic mass is 10.2. The van der Waals surface area contributed by atoms with Gasteiger partial charge in [-0.1, -0.05) is 20.8 Å². The van der Waals surface area contributed by atoms with Gasteiger partial charge < -0.3 is 5.11 Å². The van der Waals surface area contributed by atoms with Crippen molar-refractivity contribution in [2.24, 2.45) is 0 Å². The number of rotatable bonds is 5. The van der Waals surface area contributed by atoms with Gasteiger partial charge in [0.25, 0.3) is 0 Å². The van der Waals surface area contributed by atoms with Gasteiger partial charge in [-0.05, 0) is 0 Å². The molecule has 0 rings (SSSR count). The van der Waals surface area contributed by atoms with Crippen molar-refractivity contribution < 1.29 is 14.7 Å². The standard InChI is InChI=1S/C9H16O3S/c1-9(2,3)13-6-7(10)4-5-8(11)12/h4-6H2,1-3H3,(H,11,12). The number of hydrogen-bond acceptors (Lipinski definition) is 3. The van der Waals surface area contributed by atoms with Crippen molar-refractivity contribution in [3.05, 3.63) is 0 Å². The van der Waals surface area contributed by atoms with E-state index in [2.05, 4.69) is 0 Å². The molecule has 1 N–H and O–H groups in total. The molecule has 0 aliphatic rings. The van der Waals surface area contributed by atoms with Gasteiger partial charge >= 0.3 is 5.97 Å². The number of carboxylic acid groups (broad SMARTS) is 1. The van der Waals surface area contributed by atoms with Crippen molar-refractivity contribution in [2.45, 2.75) is 38.4 Å². The predicted molar refractivity (Wildman–Crippen MR) is 54.1 cm³/mol. The molecule has 76 valence electrons. The smallest absolute Gasteiger partial charge is 0.303 e. The van der Waals surface area contributed by atoms with E-state index < -0.39 is 5.97 Å². The maximum Gasteiger partial charge on any atom is 0.303 e. The Kier molecular flexibility index (Phi) is 5.06. The summed E-state index contributed by atoms with van der Waals surface area (Å²) in [5, 5.41) is 8.33. The number of Topliss-reactive ketones (excluding diaryl/α,β-unsaturated/α-hetero) is 1. The van der Waals surface area contributed by atoms with Crippen molar-refractivity contribution in [1.29, 1.82) is 0 Å². The lowest BCUT2D eigenvalue weighted by Crippen LogP contribution is -2.13. The average molecular weight is 204 g/mol. The van der Waals surface area contributed by atoms with E-state index in [0.29, 0.717) is 5.75 Å². The van der Waals surface area contributed by atoms with E-state index in [0.717, 1.165) is 0 Å². The first kappa shape index (κ1) is 12.5. The van der Waals surface area contributed by atoms with Crippen LogP contribution in [0.4, 0.5) is 0 Å². The highest BCUT2D eigenvalue weighted by Crippen LogP contribution is 2.23. The highest BCUT2D eigenvalue weighted by atomic mass is 32.2. The first-order chi connectivity index (χ1) is 5.81. The van der Waals surface area contributed by atoms with E-state index in [1.54, 1.807) is 11.8 Å². The lowest BCUT2D eigenvalue weighted by molar-refractivity contribution is -0.138. The van der Waals surface area contributed by atoms with E-state index in [-0.39, 0.29) is 23.4 Å². The molecule has 0 aromatic carbocycles. The summed E-state index contributed by atoms with van der Waals surface area (Å²) in [5.74, 6) is -0.479. The Hall–Kier alpha value is -0.510. The van der Waals surface area contributed by atoms with Crippen molar-refractivity contribution in [3.8, 4) is 0 Å². The fourth-order valence-corrected chi connectivity index (χ4v) is 1.35. The van der Waals surface area contributed by atoms with Gasteiger partial charge in [-0.25, -0.2) is 0 Å². The summed E-state index contributed by atoms with van der Waals surface area (Å²) >= 11 is 1.55. The summed E-state index contributed by atoms with van der Waals surface area (Å²) in [4.78, 5) is 21.3. The second kappa shape index (κ2) is 5.27. The fourth-order valence-electron chi connectivity index (χ4n) is 0.616. The third kappa shape index (κ3) is 9.40. The second-order valence-electron chi connectivity index (χ2n) is 3.83. The van der Waals surface area contributed by atoms with Crippen molar-refractivity contribution in [1.82, 2.24) is 0 Å². The van der Waals surface area contributed by atoms with E-state index in [4.69, 9.17) is 5.11 Å². The number of thioether (sulfide) groups is 1. The average Bonchev–Trinajstić information content (AvgIpc) is 1.95. The van der Waals surface area contributed by atoms with Crippen LogP contribution in [-0.4, -0.2) is 27.4 Å². The number of ketones is 1. The van der Waals surface area contributed by atoms with Crippen LogP contribution < -0.4 is 0 Å². The maximum absolute atomic E-state index is 11.1. The van der Waals surface area contributed by atoms with Crippen LogP contribution in [0.1, 0.15) is 33.6 Å². The molecule has 13 heavy (non-hydrogen) atoms. The normalized spacial score (nSPS) is 11.3. The molecule has 0 unspecified atom stereocenters. The third-order valence-electron chi connectivity index (χ3n) is 1.28. The van der Waals surface area contributed by atoms with Crippen LogP contribution in [0.15, 0.2) is 0 Å². The molecule has 0 bridgehead atoms. The Bertz CT molecular complexity index is 194. The Balaban J connectivity index is 3.58. The molecule has 0 saturated carbocycles. The zero-order valence-corrected chi connectivity index (χ0v) is 9.11. The number of carboxylic acids is 1. The molecule has 0 radical (unpaired) electrons. The molecule has 0 heterocycles. The number of hydrogen-bond donors (Lipinski definition) is 1. The highest BCUT2D eigenvalue weighted by molar-refractivity contribution is 8.01. The monoisotopic (exact) mass is 204 g/mol. The Morgan fingerprint density at radius 3 is 2.15 bits per heavy atom. The zero-order chi connectivity index (χ0) is 10.5. The third-order valence-corrected chi connectivity index (χ3v) is 2.62. The summed E-state index contributed by atoms with van der Waals surface area (Å²) in [6.07, 6.45) is 0.0992. The van der Waals surface area contributed by atoms with E-state index in [9.17, 15) is 9.59 Å². The van der Waals surface area contributed by atoms with Crippen LogP contribution >= 0.6 is 11.8 Å². The molecule has 0 aliphatic carbocycles. The Morgan fingerprint density at radius 1 is 1.23 bits per heavy atom. The first-order valence-electron chi connectivity index (χ1n) is 4.19. The highest BCUT2D eigenvalue weighted by Gasteiger charge is 2.13. The molecule has 0 atom stereocenters. The predicted octanol–water partition coefficient (Wildman–Crippen LogP) is 1.95. The quantitative estimate of drug-likeness (QED) is 0.743. The summed E-state index contributed by atoms with van der Waals surface area (Å²) in [5.41, 5.74) is 0. The minimum atomic E-state index is -0.908. The van der Waals surface area contributed by atoms with Gasteiger partial charge in [-0.3, -0.25) is 9.59 Å². The van der Waals surface area contributed by atoms with Crippen LogP contribution in [0.3, 0.4) is 0 Å². The van der Waals surface area contributed by atoms with Crippen molar-refractivity contribution in [2.75, 3.05) is 5.75 Å². The van der Waals surface area contributed by atoms with Crippen molar-refractivity contribution >= 4 is 23.5 Å². The van der Waals surface area contributed by atoms with Crippen LogP contribution in [0.5, 0.6) is 0 Å². The Morgan fingerprint density at radius 2 is 1.77 bits per heavy atom. The largest absolute Gasteiger partial charge is 0.481 e. The van der Waals surface area contributed by atoms with Crippen LogP contribution in [0.2, 0.25) is 0 Å². The van der Waals surface area contributed by atoms with E-state index in [1.807, 2.05) is 20.8 Å². The number of carbonyl (C=O) groups excluding carboxylic acids is 1. The van der Waals surface area contributed by atoms with Gasteiger partial charge in [0.2, 0.25) is 0 Å². The molecule has 3 nitrogen and oxygen atoms in total. The first-order valence-corrected chi connectivity index (χ1v) is 5.17. The summed E-state index contributed by atoms with van der Waals surface area (Å²) < 4.78 is 0.0683. The number of aliphatic carboxylic acids is 1. The molecule has 0 fully saturated rings. The number of carbonyl (C=O) groups is 2. The van der Waals surface area contributed by atoms with E-state index in [1.165, 1.54) is 0 Å². The van der Waals surface area contributed by atoms with Gasteiger partial charge in [0.1, 0.15) is 5.78 Å². The van der Waals surface area contributed by atoms with E-state index >= 15 is 0 Å². The van der Waals surface area contributed by atoms with Gasteiger partial charge in [0.15, 0.2) is 0 Å². The molecule has 0 aromatic rings. The fraction of sp³-hybridized carbons (Fsp3) is 0.778. The lowest BCUT2D eigenvalue weighted by Gasteiger charge is -2.16. The van der Waals surface area contributed by atoms with Crippen LogP contribution in [0, 0.1) is 0 Å². The minimum absolute atomic E-state index is 0.0160. The van der Waals surface area contributed by atoms with Gasteiger partial charge in [-0.15, -0.1) is 11.8 Å². The minimum Gasteiger partial charge on any atom is -0.481 e. The van der Waals surface area contributed by atoms with Gasteiger partial charge in [0, 0.05) is 11.2 Å². The summed E-state index contributed by atoms with van der Waals surface area (Å²) in [6, 6.07) is 0. The summed E-state index contributed by atoms with van der Waals surface area (Å²) in [6.45, 7) is 6.09. The topological polar surface area (TPSA) is 54.4 Å². The second-order valence-corrected chi connectivity index (χ2v) is 5.64. The molecular formula is C9H16O3S. The van der Waals surface area contributed by atoms with Gasteiger partial charge in [-0.2, -0.15) is 0 Å². The van der Waals surface area contributed by atoms with Crippen LogP contribution in [-0.2, 0) is 9.59 Å². The molecule has 0 spiro atoms. The molecule has 0 amide bonds. The van der Waals surface area contributed by atoms with Crippen LogP contribution in [0.25, 0.3) is 0 Å². The SMILES string of the molecule is CC(C)(C)SCC(=O)CCC(=O)O. The Labute approximate surface area is 82.9 Å². The molecule has 0 aromatic heterocycles. The van der Waals surface area contributed by atoms with Gasteiger partial charge in [0.05, 0.1) is 12.2 Å². The summed E-state index contributed by atoms with van der Waals surface area (Å²) in [7, 11) is 0. The zero-order valence-electron chi connectivity index (χ0n) is 8.29. The van der Waals surface area contributed by atoms with Crippen molar-refractivity contribution in [3.63, 3.8) is 0 Å².